The zero-order valence-corrected chi connectivity index (χ0v) is 19.2. The molecule has 2 N–H and O–H groups in total. The smallest absolute Gasteiger partial charge is 0.269 e. The van der Waals surface area contributed by atoms with Crippen molar-refractivity contribution in [1.29, 1.82) is 0 Å². The van der Waals surface area contributed by atoms with Crippen LogP contribution in [-0.2, 0) is 10.0 Å². The summed E-state index contributed by atoms with van der Waals surface area (Å²) < 4.78 is 27.3. The highest BCUT2D eigenvalue weighted by atomic mass is 35.5. The Balaban J connectivity index is 1.51. The van der Waals surface area contributed by atoms with E-state index < -0.39 is 15.9 Å². The fourth-order valence-electron chi connectivity index (χ4n) is 3.55. The van der Waals surface area contributed by atoms with Crippen LogP contribution in [0.3, 0.4) is 0 Å². The van der Waals surface area contributed by atoms with Crippen LogP contribution in [0.25, 0.3) is 0 Å². The van der Waals surface area contributed by atoms with Crippen LogP contribution in [0.15, 0.2) is 28.6 Å². The summed E-state index contributed by atoms with van der Waals surface area (Å²) in [4.78, 5) is 14.7. The Morgan fingerprint density at radius 2 is 2.10 bits per heavy atom. The topological polar surface area (TPSA) is 104 Å². The normalized spacial score (nSPS) is 17.7. The molecule has 1 amide bonds. The first-order chi connectivity index (χ1) is 14.4. The summed E-state index contributed by atoms with van der Waals surface area (Å²) >= 11 is 6.81. The Bertz CT molecular complexity index is 967. The molecule has 30 heavy (non-hydrogen) atoms. The van der Waals surface area contributed by atoms with E-state index in [0.717, 1.165) is 37.3 Å². The maximum absolute atomic E-state index is 12.5. The van der Waals surface area contributed by atoms with Crippen molar-refractivity contribution >= 4 is 44.0 Å². The molecule has 1 unspecified atom stereocenters. The molecular weight excluding hydrogens is 446 g/mol. The number of anilines is 1. The van der Waals surface area contributed by atoms with Gasteiger partial charge >= 0.3 is 0 Å². The number of nitrogens with zero attached hydrogens (tertiary/aromatic N) is 3. The van der Waals surface area contributed by atoms with Crippen LogP contribution in [-0.4, -0.2) is 55.1 Å². The van der Waals surface area contributed by atoms with Crippen LogP contribution in [0, 0.1) is 0 Å². The van der Waals surface area contributed by atoms with Crippen molar-refractivity contribution in [3.63, 3.8) is 0 Å². The molecule has 2 heterocycles. The molecule has 1 aliphatic heterocycles. The Morgan fingerprint density at radius 1 is 1.30 bits per heavy atom. The standard InChI is InChI=1S/C19H26ClN5O3S2/c1-2-14-8-5-6-12-25(14)13-7-11-21-30(27,28)19-24-23-18(29-19)22-17(26)15-9-3-4-10-16(15)20/h3-4,9-10,14,21H,2,5-8,11-13H2,1H3,(H,22,23,26). The number of carbonyl (C=O) groups excluding carboxylic acids is 1. The van der Waals surface area contributed by atoms with Gasteiger partial charge in [0.2, 0.25) is 9.47 Å². The number of rotatable bonds is 9. The second kappa shape index (κ2) is 10.6. The summed E-state index contributed by atoms with van der Waals surface area (Å²) in [5, 5.41) is 10.4. The van der Waals surface area contributed by atoms with E-state index in [2.05, 4.69) is 32.1 Å². The van der Waals surface area contributed by atoms with Gasteiger partial charge in [-0.1, -0.05) is 48.4 Å². The lowest BCUT2D eigenvalue weighted by Crippen LogP contribution is -2.40. The average Bonchev–Trinajstić information content (AvgIpc) is 3.21. The van der Waals surface area contributed by atoms with Gasteiger partial charge in [-0.15, -0.1) is 10.2 Å². The fourth-order valence-corrected chi connectivity index (χ4v) is 5.78. The van der Waals surface area contributed by atoms with Crippen LogP contribution < -0.4 is 10.0 Å². The summed E-state index contributed by atoms with van der Waals surface area (Å²) in [6, 6.07) is 7.18. The van der Waals surface area contributed by atoms with Gasteiger partial charge in [0, 0.05) is 12.6 Å². The van der Waals surface area contributed by atoms with E-state index in [9.17, 15) is 13.2 Å². The lowest BCUT2D eigenvalue weighted by molar-refractivity contribution is 0.102. The van der Waals surface area contributed by atoms with Crippen LogP contribution >= 0.6 is 22.9 Å². The van der Waals surface area contributed by atoms with Gasteiger partial charge < -0.3 is 4.90 Å². The maximum Gasteiger partial charge on any atom is 0.269 e. The van der Waals surface area contributed by atoms with E-state index in [-0.39, 0.29) is 15.0 Å². The number of sulfonamides is 1. The van der Waals surface area contributed by atoms with E-state index in [4.69, 9.17) is 11.6 Å². The van der Waals surface area contributed by atoms with E-state index in [1.54, 1.807) is 24.3 Å². The molecule has 1 aliphatic rings. The van der Waals surface area contributed by atoms with Gasteiger partial charge in [-0.2, -0.15) is 0 Å². The van der Waals surface area contributed by atoms with Crippen molar-refractivity contribution in [3.05, 3.63) is 34.9 Å². The van der Waals surface area contributed by atoms with Gasteiger partial charge in [-0.05, 0) is 50.9 Å². The number of hydrogen-bond donors (Lipinski definition) is 2. The van der Waals surface area contributed by atoms with Gasteiger partial charge in [-0.25, -0.2) is 13.1 Å². The number of benzene rings is 1. The first-order valence-corrected chi connectivity index (χ1v) is 12.7. The predicted molar refractivity (Wildman–Crippen MR) is 119 cm³/mol. The molecular formula is C19H26ClN5O3S2. The van der Waals surface area contributed by atoms with Gasteiger partial charge in [0.1, 0.15) is 0 Å². The molecule has 0 aliphatic carbocycles. The summed E-state index contributed by atoms with van der Waals surface area (Å²) in [7, 11) is -3.77. The minimum Gasteiger partial charge on any atom is -0.300 e. The van der Waals surface area contributed by atoms with Crippen molar-refractivity contribution in [2.45, 2.75) is 49.4 Å². The molecule has 0 spiro atoms. The number of hydrogen-bond acceptors (Lipinski definition) is 7. The summed E-state index contributed by atoms with van der Waals surface area (Å²) in [6.45, 7) is 4.48. The van der Waals surface area contributed by atoms with Gasteiger partial charge in [0.05, 0.1) is 10.6 Å². The van der Waals surface area contributed by atoms with Crippen LogP contribution in [0.5, 0.6) is 0 Å². The first-order valence-electron chi connectivity index (χ1n) is 10.0. The highest BCUT2D eigenvalue weighted by Crippen LogP contribution is 2.22. The number of amides is 1. The van der Waals surface area contributed by atoms with E-state index in [1.165, 1.54) is 19.3 Å². The Hall–Kier alpha value is -1.59. The first kappa shape index (κ1) is 23.1. The molecule has 1 aromatic carbocycles. The fraction of sp³-hybridized carbons (Fsp3) is 0.526. The van der Waals surface area contributed by atoms with E-state index >= 15 is 0 Å². The van der Waals surface area contributed by atoms with Gasteiger partial charge in [0.15, 0.2) is 0 Å². The summed E-state index contributed by atoms with van der Waals surface area (Å²) in [6.07, 6.45) is 5.54. The van der Waals surface area contributed by atoms with Crippen LogP contribution in [0.4, 0.5) is 5.13 Å². The summed E-state index contributed by atoms with van der Waals surface area (Å²) in [5.74, 6) is -0.472. The lowest BCUT2D eigenvalue weighted by Gasteiger charge is -2.35. The van der Waals surface area contributed by atoms with Crippen molar-refractivity contribution < 1.29 is 13.2 Å². The Labute approximate surface area is 186 Å². The van der Waals surface area contributed by atoms with E-state index in [1.807, 2.05) is 0 Å². The maximum atomic E-state index is 12.5. The zero-order chi connectivity index (χ0) is 21.6. The third kappa shape index (κ3) is 5.98. The molecule has 1 aromatic heterocycles. The molecule has 0 radical (unpaired) electrons. The second-order valence-corrected chi connectivity index (χ2v) is 10.5. The molecule has 1 saturated heterocycles. The van der Waals surface area contributed by atoms with Crippen molar-refractivity contribution in [2.75, 3.05) is 25.0 Å². The monoisotopic (exact) mass is 471 g/mol. The molecule has 2 aromatic rings. The Morgan fingerprint density at radius 3 is 2.87 bits per heavy atom. The van der Waals surface area contributed by atoms with Crippen molar-refractivity contribution in [1.82, 2.24) is 19.8 Å². The largest absolute Gasteiger partial charge is 0.300 e. The molecule has 164 valence electrons. The number of carbonyl (C=O) groups is 1. The van der Waals surface area contributed by atoms with Crippen LogP contribution in [0.2, 0.25) is 5.02 Å². The average molecular weight is 472 g/mol. The lowest BCUT2D eigenvalue weighted by atomic mass is 10.00. The quantitative estimate of drug-likeness (QED) is 0.429. The zero-order valence-electron chi connectivity index (χ0n) is 16.8. The highest BCUT2D eigenvalue weighted by Gasteiger charge is 2.23. The molecule has 1 atom stereocenters. The molecule has 11 heteroatoms. The minimum atomic E-state index is -3.77. The Kier molecular flexibility index (Phi) is 8.18. The minimum absolute atomic E-state index is 0.0967. The number of halogens is 1. The molecule has 8 nitrogen and oxygen atoms in total. The third-order valence-electron chi connectivity index (χ3n) is 5.11. The predicted octanol–water partition coefficient (Wildman–Crippen LogP) is 3.38. The molecule has 0 saturated carbocycles. The number of nitrogens with one attached hydrogen (secondary N) is 2. The number of piperidine rings is 1. The van der Waals surface area contributed by atoms with Crippen molar-refractivity contribution in [2.24, 2.45) is 0 Å². The molecule has 3 rings (SSSR count). The molecule has 1 fully saturated rings. The second-order valence-electron chi connectivity index (χ2n) is 7.15. The highest BCUT2D eigenvalue weighted by molar-refractivity contribution is 7.91. The van der Waals surface area contributed by atoms with Crippen molar-refractivity contribution in [3.8, 4) is 0 Å². The van der Waals surface area contributed by atoms with Gasteiger partial charge in [-0.3, -0.25) is 10.1 Å². The van der Waals surface area contributed by atoms with E-state index in [0.29, 0.717) is 17.6 Å². The van der Waals surface area contributed by atoms with Crippen LogP contribution in [0.1, 0.15) is 49.4 Å². The number of likely N-dealkylation sites (tertiary alicyclic amines) is 1. The summed E-state index contributed by atoms with van der Waals surface area (Å²) in [5.41, 5.74) is 0.278. The SMILES string of the molecule is CCC1CCCCN1CCCNS(=O)(=O)c1nnc(NC(=O)c2ccccc2Cl)s1. The number of aromatic nitrogens is 2. The third-order valence-corrected chi connectivity index (χ3v) is 8.11. The van der Waals surface area contributed by atoms with Gasteiger partial charge in [0.25, 0.3) is 15.9 Å². The molecule has 0 bridgehead atoms.